The lowest BCUT2D eigenvalue weighted by Gasteiger charge is -2.46. The second-order valence-electron chi connectivity index (χ2n) is 7.08. The molecule has 6 heteroatoms. The number of carbonyl (C=O) groups excluding carboxylic acids is 2. The lowest BCUT2D eigenvalue weighted by Crippen LogP contribution is -2.25. The van der Waals surface area contributed by atoms with Gasteiger partial charge in [0.1, 0.15) is 17.3 Å². The van der Waals surface area contributed by atoms with E-state index in [-0.39, 0.29) is 5.57 Å². The van der Waals surface area contributed by atoms with Crippen molar-refractivity contribution in [3.63, 3.8) is 0 Å². The maximum atomic E-state index is 11.1. The predicted octanol–water partition coefficient (Wildman–Crippen LogP) is 0.969. The Morgan fingerprint density at radius 3 is 1.90 bits per heavy atom. The van der Waals surface area contributed by atoms with E-state index < -0.39 is 21.0 Å². The van der Waals surface area contributed by atoms with E-state index in [1.165, 1.54) is 6.08 Å². The van der Waals surface area contributed by atoms with Crippen LogP contribution in [0.2, 0.25) is 0 Å². The summed E-state index contributed by atoms with van der Waals surface area (Å²) in [5.41, 5.74) is 10.6. The van der Waals surface area contributed by atoms with Crippen molar-refractivity contribution in [3.05, 3.63) is 35.4 Å². The summed E-state index contributed by atoms with van der Waals surface area (Å²) in [6, 6.07) is 7.06. The van der Waals surface area contributed by atoms with Crippen LogP contribution in [0.1, 0.15) is 5.56 Å². The van der Waals surface area contributed by atoms with Gasteiger partial charge in [-0.2, -0.15) is 0 Å². The summed E-state index contributed by atoms with van der Waals surface area (Å²) in [5, 5.41) is 0. The van der Waals surface area contributed by atoms with Gasteiger partial charge in [-0.25, -0.2) is 0 Å². The first-order valence-corrected chi connectivity index (χ1v) is 10.7. The van der Waals surface area contributed by atoms with E-state index in [0.29, 0.717) is 11.5 Å². The zero-order chi connectivity index (χ0) is 16.3. The standard InChI is InChI=1S/C15H24N2O3S/c1-21(2,3,4)10-20-12-7-5-11(6-8-12)9-13(14(16)18)15(17)19/h5-9,21H,10H2,1-4H3,(H2,16,18)(H2,17,19). The topological polar surface area (TPSA) is 95.4 Å². The Hall–Kier alpha value is -1.95. The number of thiol groups is 1. The Morgan fingerprint density at radius 2 is 1.52 bits per heavy atom. The summed E-state index contributed by atoms with van der Waals surface area (Å²) in [4.78, 5) is 22.2. The number of hydrogen-bond donors (Lipinski definition) is 3. The Labute approximate surface area is 125 Å². The van der Waals surface area contributed by atoms with Gasteiger partial charge in [-0.05, 0) is 48.8 Å². The Morgan fingerprint density at radius 1 is 1.05 bits per heavy atom. The summed E-state index contributed by atoms with van der Waals surface area (Å²) in [6.07, 6.45) is 10.3. The zero-order valence-electron chi connectivity index (χ0n) is 12.9. The normalized spacial score (nSPS) is 12.9. The van der Waals surface area contributed by atoms with Gasteiger partial charge in [0, 0.05) is 0 Å². The van der Waals surface area contributed by atoms with Gasteiger partial charge < -0.3 is 16.2 Å². The molecule has 0 spiro atoms. The molecule has 0 aliphatic rings. The van der Waals surface area contributed by atoms with Gasteiger partial charge in [0.05, 0.1) is 0 Å². The van der Waals surface area contributed by atoms with Crippen LogP contribution in [0.5, 0.6) is 5.75 Å². The van der Waals surface area contributed by atoms with Gasteiger partial charge in [0.15, 0.2) is 0 Å². The first-order chi connectivity index (χ1) is 9.44. The molecule has 0 bridgehead atoms. The number of primary amides is 2. The van der Waals surface area contributed by atoms with Crippen LogP contribution in [-0.4, -0.2) is 42.8 Å². The van der Waals surface area contributed by atoms with Crippen LogP contribution in [0.25, 0.3) is 6.08 Å². The van der Waals surface area contributed by atoms with Crippen molar-refractivity contribution in [2.75, 3.05) is 31.0 Å². The largest absolute Gasteiger partial charge is 0.486 e. The van der Waals surface area contributed by atoms with Gasteiger partial charge >= 0.3 is 0 Å². The molecule has 0 aliphatic heterocycles. The van der Waals surface area contributed by atoms with E-state index in [9.17, 15) is 9.59 Å². The number of rotatable bonds is 6. The van der Waals surface area contributed by atoms with Gasteiger partial charge in [0.2, 0.25) is 0 Å². The zero-order valence-corrected chi connectivity index (χ0v) is 13.8. The second-order valence-corrected chi connectivity index (χ2v) is 15.2. The molecule has 0 heterocycles. The second kappa shape index (κ2) is 5.81. The molecule has 0 aliphatic carbocycles. The molecule has 1 aromatic carbocycles. The van der Waals surface area contributed by atoms with E-state index in [1.54, 1.807) is 24.3 Å². The van der Waals surface area contributed by atoms with Gasteiger partial charge in [-0.15, -0.1) is 0 Å². The number of carbonyl (C=O) groups is 2. The van der Waals surface area contributed by atoms with Crippen LogP contribution in [0, 0.1) is 0 Å². The first kappa shape index (κ1) is 17.1. The third kappa shape index (κ3) is 6.35. The monoisotopic (exact) mass is 312 g/mol. The molecule has 0 aromatic heterocycles. The molecule has 21 heavy (non-hydrogen) atoms. The van der Waals surface area contributed by atoms with Crippen molar-refractivity contribution in [2.24, 2.45) is 11.5 Å². The summed E-state index contributed by atoms with van der Waals surface area (Å²) in [6.45, 7) is 0. The fourth-order valence-corrected chi connectivity index (χ4v) is 2.09. The average molecular weight is 312 g/mol. The van der Waals surface area contributed by atoms with Crippen LogP contribution >= 0.6 is 9.16 Å². The number of hydrogen-bond acceptors (Lipinski definition) is 3. The van der Waals surface area contributed by atoms with Crippen LogP contribution in [0.3, 0.4) is 0 Å². The summed E-state index contributed by atoms with van der Waals surface area (Å²) in [5.74, 6) is -0.245. The van der Waals surface area contributed by atoms with Gasteiger partial charge in [-0.3, -0.25) is 18.8 Å². The molecule has 0 atom stereocenters. The fraction of sp³-hybridized carbons (Fsp3) is 0.333. The predicted molar refractivity (Wildman–Crippen MR) is 91.0 cm³/mol. The van der Waals surface area contributed by atoms with Crippen molar-refractivity contribution in [1.82, 2.24) is 0 Å². The number of nitrogens with two attached hydrogens (primary N) is 2. The Kier molecular flexibility index (Phi) is 4.73. The van der Waals surface area contributed by atoms with Crippen molar-refractivity contribution in [3.8, 4) is 5.75 Å². The van der Waals surface area contributed by atoms with Gasteiger partial charge in [0.25, 0.3) is 11.8 Å². The molecule has 4 N–H and O–H groups in total. The average Bonchev–Trinajstić information content (AvgIpc) is 2.32. The molecule has 1 aromatic rings. The minimum Gasteiger partial charge on any atom is -0.486 e. The van der Waals surface area contributed by atoms with E-state index in [0.717, 1.165) is 5.75 Å². The lowest BCUT2D eigenvalue weighted by molar-refractivity contribution is -0.120. The molecule has 0 radical (unpaired) electrons. The molecule has 5 nitrogen and oxygen atoms in total. The van der Waals surface area contributed by atoms with Crippen molar-refractivity contribution in [2.45, 2.75) is 0 Å². The molecule has 0 saturated carbocycles. The van der Waals surface area contributed by atoms with E-state index in [1.807, 2.05) is 0 Å². The molecule has 118 valence electrons. The van der Waals surface area contributed by atoms with E-state index in [2.05, 4.69) is 25.0 Å². The maximum absolute atomic E-state index is 11.1. The quantitative estimate of drug-likeness (QED) is 0.316. The highest BCUT2D eigenvalue weighted by atomic mass is 32.3. The van der Waals surface area contributed by atoms with Crippen molar-refractivity contribution < 1.29 is 14.3 Å². The molecule has 2 amide bonds. The summed E-state index contributed by atoms with van der Waals surface area (Å²) >= 11 is 0. The number of ether oxygens (including phenoxy) is 1. The van der Waals surface area contributed by atoms with Crippen LogP contribution in [-0.2, 0) is 9.59 Å². The summed E-state index contributed by atoms with van der Waals surface area (Å²) < 4.78 is 5.78. The van der Waals surface area contributed by atoms with Gasteiger partial charge in [-0.1, -0.05) is 12.1 Å². The Balaban J connectivity index is 2.86. The van der Waals surface area contributed by atoms with Crippen molar-refractivity contribution in [1.29, 1.82) is 0 Å². The molecule has 1 rings (SSSR count). The van der Waals surface area contributed by atoms with Crippen LogP contribution < -0.4 is 16.2 Å². The minimum atomic E-state index is -1.73. The van der Waals surface area contributed by atoms with Crippen LogP contribution in [0.4, 0.5) is 0 Å². The third-order valence-corrected chi connectivity index (χ3v) is 3.63. The smallest absolute Gasteiger partial charge is 0.254 e. The molecule has 0 unspecified atom stereocenters. The van der Waals surface area contributed by atoms with E-state index in [4.69, 9.17) is 16.2 Å². The highest BCUT2D eigenvalue weighted by molar-refractivity contribution is 8.47. The number of amides is 2. The highest BCUT2D eigenvalue weighted by Crippen LogP contribution is 2.55. The molecular formula is C15H24N2O3S. The fourth-order valence-electron chi connectivity index (χ4n) is 1.42. The Bertz CT molecular complexity index is 558. The van der Waals surface area contributed by atoms with Crippen molar-refractivity contribution >= 4 is 27.1 Å². The molecular weight excluding hydrogens is 288 g/mol. The van der Waals surface area contributed by atoms with E-state index >= 15 is 0 Å². The SMILES string of the molecule is C[SH](C)(C)(C)COc1ccc(C=C(C(N)=O)C(N)=O)cc1. The third-order valence-electron chi connectivity index (χ3n) is 2.47. The number of benzene rings is 1. The highest BCUT2D eigenvalue weighted by Gasteiger charge is 2.19. The molecule has 0 fully saturated rings. The van der Waals surface area contributed by atoms with Crippen LogP contribution in [0.15, 0.2) is 29.8 Å². The lowest BCUT2D eigenvalue weighted by atomic mass is 10.1. The maximum Gasteiger partial charge on any atom is 0.254 e. The first-order valence-electron chi connectivity index (χ1n) is 6.48. The molecule has 0 saturated heterocycles. The summed E-state index contributed by atoms with van der Waals surface area (Å²) in [7, 11) is -1.73. The minimum absolute atomic E-state index is 0.224.